The maximum atomic E-state index is 2.65. The van der Waals surface area contributed by atoms with Gasteiger partial charge >= 0.3 is 172 Å². The van der Waals surface area contributed by atoms with Crippen molar-refractivity contribution in [3.05, 3.63) is 82.5 Å². The van der Waals surface area contributed by atoms with E-state index in [2.05, 4.69) is 61.6 Å². The second kappa shape index (κ2) is 7.74. The standard InChI is InChI=1S/2C9H11.C8H8.Hf/c2*1-2-5-9-7-3-6-8(9)4-1;1-2-8-6-4-3-5-7-8;/h2*3,6-7H,1-2,4-5H2;3-7H,1H3;. The molecule has 0 radical (unpaired) electrons. The summed E-state index contributed by atoms with van der Waals surface area (Å²) in [5.74, 6) is 0. The van der Waals surface area contributed by atoms with Crippen molar-refractivity contribution in [1.82, 2.24) is 0 Å². The summed E-state index contributed by atoms with van der Waals surface area (Å²) >= 11 is -2.18. The Morgan fingerprint density at radius 2 is 1.26 bits per heavy atom. The molecule has 0 spiro atoms. The fraction of sp³-hybridized carbons (Fsp3) is 0.423. The first-order chi connectivity index (χ1) is 13.3. The Morgan fingerprint density at radius 3 is 1.81 bits per heavy atom. The van der Waals surface area contributed by atoms with Gasteiger partial charge < -0.3 is 0 Å². The molecule has 4 aliphatic carbocycles. The molecule has 0 saturated heterocycles. The molecule has 0 fully saturated rings. The molecule has 5 rings (SSSR count). The molecule has 0 nitrogen and oxygen atoms in total. The van der Waals surface area contributed by atoms with Crippen molar-refractivity contribution in [3.63, 3.8) is 0 Å². The van der Waals surface area contributed by atoms with Crippen LogP contribution in [0.15, 0.2) is 76.9 Å². The molecule has 0 saturated carbocycles. The SMILES string of the molecule is C[C](c1ccccc1)=[Hf]([CH]1C=CC2=C1CCCC2)[CH]1C=CC2=C1CCCC2. The third-order valence-corrected chi connectivity index (χ3v) is 20.0. The van der Waals surface area contributed by atoms with Crippen LogP contribution in [-0.4, -0.2) is 3.26 Å². The van der Waals surface area contributed by atoms with Gasteiger partial charge in [0.2, 0.25) is 0 Å². The van der Waals surface area contributed by atoms with Gasteiger partial charge in [0.1, 0.15) is 0 Å². The molecule has 138 valence electrons. The van der Waals surface area contributed by atoms with Gasteiger partial charge in [-0.05, 0) is 0 Å². The summed E-state index contributed by atoms with van der Waals surface area (Å²) in [5, 5.41) is 0. The molecule has 0 aromatic heterocycles. The Labute approximate surface area is 171 Å². The summed E-state index contributed by atoms with van der Waals surface area (Å²) in [5.41, 5.74) is 8.68. The van der Waals surface area contributed by atoms with E-state index in [0.29, 0.717) is 0 Å². The first kappa shape index (κ1) is 18.0. The van der Waals surface area contributed by atoms with Crippen LogP contribution in [0.4, 0.5) is 0 Å². The molecule has 27 heavy (non-hydrogen) atoms. The van der Waals surface area contributed by atoms with E-state index in [1.807, 2.05) is 11.1 Å². The minimum absolute atomic E-state index is 0.814. The molecule has 0 amide bonds. The predicted molar refractivity (Wildman–Crippen MR) is 113 cm³/mol. The molecule has 4 aliphatic rings. The maximum absolute atomic E-state index is 2.65. The molecule has 0 bridgehead atoms. The van der Waals surface area contributed by atoms with Gasteiger partial charge in [-0.2, -0.15) is 0 Å². The van der Waals surface area contributed by atoms with Crippen LogP contribution in [0.5, 0.6) is 0 Å². The first-order valence-corrected chi connectivity index (χ1v) is 16.8. The van der Waals surface area contributed by atoms with E-state index >= 15 is 0 Å². The molecule has 0 N–H and O–H groups in total. The molecule has 2 atom stereocenters. The van der Waals surface area contributed by atoms with Crippen LogP contribution in [0, 0.1) is 0 Å². The Bertz CT molecular complexity index is 841. The zero-order valence-electron chi connectivity index (χ0n) is 16.5. The van der Waals surface area contributed by atoms with Crippen LogP contribution in [0.1, 0.15) is 63.9 Å². The molecule has 0 heterocycles. The van der Waals surface area contributed by atoms with E-state index in [-0.39, 0.29) is 0 Å². The zero-order valence-corrected chi connectivity index (χ0v) is 20.1. The van der Waals surface area contributed by atoms with E-state index in [1.54, 1.807) is 14.4 Å². The van der Waals surface area contributed by atoms with Gasteiger partial charge in [-0.3, -0.25) is 0 Å². The second-order valence-corrected chi connectivity index (χ2v) is 19.1. The summed E-state index contributed by atoms with van der Waals surface area (Å²) in [6.07, 6.45) is 21.4. The normalized spacial score (nSPS) is 26.4. The minimum atomic E-state index is -2.18. The van der Waals surface area contributed by atoms with E-state index in [0.717, 1.165) is 7.35 Å². The van der Waals surface area contributed by atoms with Crippen LogP contribution >= 0.6 is 0 Å². The van der Waals surface area contributed by atoms with E-state index in [9.17, 15) is 0 Å². The fourth-order valence-electron chi connectivity index (χ4n) is 5.75. The van der Waals surface area contributed by atoms with E-state index < -0.39 is 21.0 Å². The van der Waals surface area contributed by atoms with Crippen molar-refractivity contribution in [2.75, 3.05) is 0 Å². The summed E-state index contributed by atoms with van der Waals surface area (Å²) in [7, 11) is 0. The molecule has 1 aromatic rings. The van der Waals surface area contributed by atoms with Crippen molar-refractivity contribution >= 4 is 3.26 Å². The Kier molecular flexibility index (Phi) is 5.15. The quantitative estimate of drug-likeness (QED) is 0.367. The van der Waals surface area contributed by atoms with Crippen LogP contribution in [-0.2, 0) is 21.0 Å². The van der Waals surface area contributed by atoms with Crippen molar-refractivity contribution in [2.24, 2.45) is 0 Å². The van der Waals surface area contributed by atoms with Crippen LogP contribution in [0.25, 0.3) is 0 Å². The monoisotopic (exact) mass is 522 g/mol. The number of hydrogen-bond acceptors (Lipinski definition) is 0. The predicted octanol–water partition coefficient (Wildman–Crippen LogP) is 7.30. The Balaban J connectivity index is 1.64. The van der Waals surface area contributed by atoms with Crippen LogP contribution in [0.3, 0.4) is 0 Å². The van der Waals surface area contributed by atoms with E-state index in [4.69, 9.17) is 0 Å². The third kappa shape index (κ3) is 3.31. The van der Waals surface area contributed by atoms with Crippen LogP contribution in [0.2, 0.25) is 7.35 Å². The van der Waals surface area contributed by atoms with Gasteiger partial charge in [-0.1, -0.05) is 0 Å². The summed E-state index contributed by atoms with van der Waals surface area (Å²) in [6, 6.07) is 11.4. The molecule has 2 unspecified atom stereocenters. The molecule has 1 heteroatoms. The van der Waals surface area contributed by atoms with Gasteiger partial charge in [0.05, 0.1) is 0 Å². The Hall–Kier alpha value is -1.08. The molecule has 1 aromatic carbocycles. The van der Waals surface area contributed by atoms with Crippen molar-refractivity contribution in [2.45, 2.75) is 65.6 Å². The van der Waals surface area contributed by atoms with Gasteiger partial charge in [0.15, 0.2) is 0 Å². The number of benzene rings is 1. The molecule has 0 aliphatic heterocycles. The van der Waals surface area contributed by atoms with Crippen molar-refractivity contribution < 1.29 is 21.0 Å². The van der Waals surface area contributed by atoms with E-state index in [1.165, 1.54) is 56.9 Å². The number of allylic oxidation sites excluding steroid dienone is 8. The van der Waals surface area contributed by atoms with Gasteiger partial charge in [0, 0.05) is 0 Å². The van der Waals surface area contributed by atoms with Crippen molar-refractivity contribution in [1.29, 1.82) is 0 Å². The van der Waals surface area contributed by atoms with Crippen LogP contribution < -0.4 is 0 Å². The topological polar surface area (TPSA) is 0 Å². The van der Waals surface area contributed by atoms with Gasteiger partial charge in [-0.25, -0.2) is 0 Å². The van der Waals surface area contributed by atoms with Crippen molar-refractivity contribution in [3.8, 4) is 0 Å². The summed E-state index contributed by atoms with van der Waals surface area (Å²) in [4.78, 5) is 0. The molecular weight excluding hydrogens is 491 g/mol. The summed E-state index contributed by atoms with van der Waals surface area (Å²) < 4.78 is 3.42. The van der Waals surface area contributed by atoms with Gasteiger partial charge in [0.25, 0.3) is 0 Å². The fourth-order valence-corrected chi connectivity index (χ4v) is 19.5. The summed E-state index contributed by atoms with van der Waals surface area (Å²) in [6.45, 7) is 2.50. The number of rotatable bonds is 3. The number of hydrogen-bond donors (Lipinski definition) is 0. The average Bonchev–Trinajstić information content (AvgIpc) is 3.34. The Morgan fingerprint density at radius 1 is 0.741 bits per heavy atom. The first-order valence-electron chi connectivity index (χ1n) is 10.9. The second-order valence-electron chi connectivity index (χ2n) is 8.64. The third-order valence-electron chi connectivity index (χ3n) is 7.15. The van der Waals surface area contributed by atoms with Gasteiger partial charge in [-0.15, -0.1) is 0 Å². The molecular formula is C26H30Hf. The average molecular weight is 521 g/mol. The zero-order chi connectivity index (χ0) is 18.2.